The molecular formula is C14H21N3S. The second-order valence-electron chi connectivity index (χ2n) is 6.18. The highest BCUT2D eigenvalue weighted by Crippen LogP contribution is 2.37. The number of hydrogen-bond acceptors (Lipinski definition) is 3. The molecule has 18 heavy (non-hydrogen) atoms. The largest absolute Gasteiger partial charge is 0.308 e. The zero-order chi connectivity index (χ0) is 12.8. The van der Waals surface area contributed by atoms with E-state index in [9.17, 15) is 0 Å². The van der Waals surface area contributed by atoms with E-state index in [1.54, 1.807) is 11.3 Å². The van der Waals surface area contributed by atoms with Gasteiger partial charge in [-0.05, 0) is 31.6 Å². The van der Waals surface area contributed by atoms with Gasteiger partial charge in [-0.15, -0.1) is 11.3 Å². The molecule has 1 aliphatic carbocycles. The summed E-state index contributed by atoms with van der Waals surface area (Å²) in [6, 6.07) is 0.670. The summed E-state index contributed by atoms with van der Waals surface area (Å²) in [6.07, 6.45) is 6.05. The highest BCUT2D eigenvalue weighted by molar-refractivity contribution is 7.15. The number of nitrogens with zero attached hydrogens (tertiary/aromatic N) is 2. The number of fused-ring (bicyclic) bond motifs is 1. The van der Waals surface area contributed by atoms with E-state index in [1.807, 2.05) is 0 Å². The van der Waals surface area contributed by atoms with Crippen molar-refractivity contribution in [1.29, 1.82) is 0 Å². The minimum absolute atomic E-state index is 0.516. The van der Waals surface area contributed by atoms with Crippen LogP contribution >= 0.6 is 11.3 Å². The summed E-state index contributed by atoms with van der Waals surface area (Å²) in [5.74, 6) is 0. The summed E-state index contributed by atoms with van der Waals surface area (Å²) in [6.45, 7) is 7.78. The molecule has 0 aromatic carbocycles. The maximum atomic E-state index is 4.59. The number of thiazole rings is 1. The van der Waals surface area contributed by atoms with Gasteiger partial charge in [-0.3, -0.25) is 4.40 Å². The maximum Gasteiger partial charge on any atom is 0.194 e. The molecule has 0 spiro atoms. The first-order valence-corrected chi connectivity index (χ1v) is 7.57. The molecule has 98 valence electrons. The molecule has 1 fully saturated rings. The third kappa shape index (κ3) is 2.19. The second kappa shape index (κ2) is 4.35. The third-order valence-corrected chi connectivity index (χ3v) is 4.84. The van der Waals surface area contributed by atoms with E-state index in [0.29, 0.717) is 11.5 Å². The molecule has 1 atom stereocenters. The van der Waals surface area contributed by atoms with Gasteiger partial charge in [0.05, 0.1) is 11.4 Å². The Kier molecular flexibility index (Phi) is 2.94. The van der Waals surface area contributed by atoms with Gasteiger partial charge in [0.25, 0.3) is 0 Å². The van der Waals surface area contributed by atoms with Crippen LogP contribution in [0.3, 0.4) is 0 Å². The molecule has 4 heteroatoms. The fraction of sp³-hybridized carbons (Fsp3) is 0.643. The van der Waals surface area contributed by atoms with Crippen molar-refractivity contribution in [3.05, 3.63) is 23.0 Å². The van der Waals surface area contributed by atoms with Crippen LogP contribution in [0, 0.1) is 12.3 Å². The molecule has 1 saturated carbocycles. The van der Waals surface area contributed by atoms with Gasteiger partial charge in [0.2, 0.25) is 0 Å². The van der Waals surface area contributed by atoms with Crippen LogP contribution < -0.4 is 5.32 Å². The molecule has 0 amide bonds. The standard InChI is InChI=1S/C14H21N3S/c1-10-12(17-6-7-18-13(17)16-10)9-15-11-4-5-14(2,3)8-11/h6-7,11,15H,4-5,8-9H2,1-3H3. The second-order valence-corrected chi connectivity index (χ2v) is 7.06. The lowest BCUT2D eigenvalue weighted by Crippen LogP contribution is -2.27. The molecule has 3 nitrogen and oxygen atoms in total. The van der Waals surface area contributed by atoms with Gasteiger partial charge in [-0.2, -0.15) is 0 Å². The highest BCUT2D eigenvalue weighted by Gasteiger charge is 2.30. The zero-order valence-electron chi connectivity index (χ0n) is 11.4. The minimum Gasteiger partial charge on any atom is -0.308 e. The fourth-order valence-corrected chi connectivity index (χ4v) is 3.78. The molecule has 3 rings (SSSR count). The topological polar surface area (TPSA) is 29.3 Å². The van der Waals surface area contributed by atoms with Crippen molar-refractivity contribution in [2.75, 3.05) is 0 Å². The summed E-state index contributed by atoms with van der Waals surface area (Å²) in [7, 11) is 0. The van der Waals surface area contributed by atoms with Crippen molar-refractivity contribution in [1.82, 2.24) is 14.7 Å². The lowest BCUT2D eigenvalue weighted by atomic mass is 9.92. The number of aryl methyl sites for hydroxylation is 1. The average molecular weight is 263 g/mol. The summed E-state index contributed by atoms with van der Waals surface area (Å²) < 4.78 is 2.22. The van der Waals surface area contributed by atoms with Crippen LogP contribution in [0.1, 0.15) is 44.5 Å². The molecule has 0 saturated heterocycles. The van der Waals surface area contributed by atoms with E-state index in [0.717, 1.165) is 17.2 Å². The summed E-state index contributed by atoms with van der Waals surface area (Å²) in [5, 5.41) is 5.81. The number of aromatic nitrogens is 2. The molecular weight excluding hydrogens is 242 g/mol. The van der Waals surface area contributed by atoms with Crippen molar-refractivity contribution in [3.8, 4) is 0 Å². The summed E-state index contributed by atoms with van der Waals surface area (Å²) in [4.78, 5) is 5.70. The predicted molar refractivity (Wildman–Crippen MR) is 76.1 cm³/mol. The first-order valence-electron chi connectivity index (χ1n) is 6.70. The average Bonchev–Trinajstić information content (AvgIpc) is 2.92. The van der Waals surface area contributed by atoms with Gasteiger partial charge in [-0.1, -0.05) is 13.8 Å². The molecule has 1 N–H and O–H groups in total. The quantitative estimate of drug-likeness (QED) is 0.920. The number of rotatable bonds is 3. The lowest BCUT2D eigenvalue weighted by Gasteiger charge is -2.17. The summed E-state index contributed by atoms with van der Waals surface area (Å²) in [5.41, 5.74) is 2.99. The van der Waals surface area contributed by atoms with Crippen molar-refractivity contribution < 1.29 is 0 Å². The van der Waals surface area contributed by atoms with Crippen LogP contribution in [0.2, 0.25) is 0 Å². The first kappa shape index (κ1) is 12.2. The van der Waals surface area contributed by atoms with E-state index in [1.165, 1.54) is 25.0 Å². The molecule has 2 aromatic heterocycles. The Morgan fingerprint density at radius 2 is 2.39 bits per heavy atom. The SMILES string of the molecule is Cc1nc2sccn2c1CNC1CCC(C)(C)C1. The minimum atomic E-state index is 0.516. The number of imidazole rings is 1. The van der Waals surface area contributed by atoms with Gasteiger partial charge >= 0.3 is 0 Å². The van der Waals surface area contributed by atoms with Gasteiger partial charge in [0, 0.05) is 24.2 Å². The van der Waals surface area contributed by atoms with E-state index in [-0.39, 0.29) is 0 Å². The van der Waals surface area contributed by atoms with Crippen LogP contribution in [0.25, 0.3) is 4.96 Å². The van der Waals surface area contributed by atoms with Crippen molar-refractivity contribution in [2.24, 2.45) is 5.41 Å². The van der Waals surface area contributed by atoms with Crippen LogP contribution in [0.4, 0.5) is 0 Å². The van der Waals surface area contributed by atoms with Crippen LogP contribution in [-0.4, -0.2) is 15.4 Å². The number of nitrogens with one attached hydrogen (secondary N) is 1. The van der Waals surface area contributed by atoms with E-state index < -0.39 is 0 Å². The van der Waals surface area contributed by atoms with Gasteiger partial charge in [-0.25, -0.2) is 4.98 Å². The van der Waals surface area contributed by atoms with Gasteiger partial charge < -0.3 is 5.32 Å². The Bertz CT molecular complexity index is 552. The molecule has 0 radical (unpaired) electrons. The molecule has 1 unspecified atom stereocenters. The van der Waals surface area contributed by atoms with Gasteiger partial charge in [0.1, 0.15) is 0 Å². The van der Waals surface area contributed by atoms with E-state index in [2.05, 4.69) is 47.0 Å². The summed E-state index contributed by atoms with van der Waals surface area (Å²) >= 11 is 1.70. The Morgan fingerprint density at radius 3 is 3.11 bits per heavy atom. The normalized spacial score (nSPS) is 22.9. The Hall–Kier alpha value is -0.870. The van der Waals surface area contributed by atoms with Crippen molar-refractivity contribution >= 4 is 16.3 Å². The van der Waals surface area contributed by atoms with E-state index in [4.69, 9.17) is 0 Å². The van der Waals surface area contributed by atoms with E-state index >= 15 is 0 Å². The smallest absolute Gasteiger partial charge is 0.194 e. The van der Waals surface area contributed by atoms with Crippen LogP contribution in [0.15, 0.2) is 11.6 Å². The maximum absolute atomic E-state index is 4.59. The molecule has 0 bridgehead atoms. The van der Waals surface area contributed by atoms with Crippen molar-refractivity contribution in [3.63, 3.8) is 0 Å². The molecule has 0 aliphatic heterocycles. The fourth-order valence-electron chi connectivity index (χ4n) is 3.01. The predicted octanol–water partition coefficient (Wildman–Crippen LogP) is 3.37. The molecule has 1 aliphatic rings. The number of hydrogen-bond donors (Lipinski definition) is 1. The Morgan fingerprint density at radius 1 is 1.56 bits per heavy atom. The Labute approximate surface area is 112 Å². The van der Waals surface area contributed by atoms with Gasteiger partial charge in [0.15, 0.2) is 4.96 Å². The zero-order valence-corrected chi connectivity index (χ0v) is 12.2. The van der Waals surface area contributed by atoms with Crippen molar-refractivity contribution in [2.45, 2.75) is 52.6 Å². The van der Waals surface area contributed by atoms with Crippen LogP contribution in [0.5, 0.6) is 0 Å². The third-order valence-electron chi connectivity index (χ3n) is 4.09. The van der Waals surface area contributed by atoms with Crippen LogP contribution in [-0.2, 0) is 6.54 Å². The first-order chi connectivity index (χ1) is 8.55. The lowest BCUT2D eigenvalue weighted by molar-refractivity contribution is 0.363. The Balaban J connectivity index is 1.70. The highest BCUT2D eigenvalue weighted by atomic mass is 32.1. The molecule has 2 heterocycles. The monoisotopic (exact) mass is 263 g/mol. The molecule has 2 aromatic rings.